The van der Waals surface area contributed by atoms with Crippen molar-refractivity contribution in [3.8, 4) is 17.2 Å². The number of halogens is 1. The zero-order valence-corrected chi connectivity index (χ0v) is 38.0. The van der Waals surface area contributed by atoms with Crippen LogP contribution in [0.2, 0.25) is 5.02 Å². The van der Waals surface area contributed by atoms with Crippen molar-refractivity contribution in [1.82, 2.24) is 25.1 Å². The van der Waals surface area contributed by atoms with E-state index in [0.29, 0.717) is 54.1 Å². The highest BCUT2D eigenvalue weighted by Crippen LogP contribution is 2.38. The van der Waals surface area contributed by atoms with E-state index >= 15 is 0 Å². The summed E-state index contributed by atoms with van der Waals surface area (Å²) in [6, 6.07) is 16.9. The number of rotatable bonds is 17. The normalized spacial score (nSPS) is 17.8. The summed E-state index contributed by atoms with van der Waals surface area (Å²) in [5.41, 5.74) is 4.65. The molecule has 3 saturated heterocycles. The zero-order chi connectivity index (χ0) is 44.7. The molecular weight excluding hydrogens is 848 g/mol. The minimum absolute atomic E-state index is 0.229. The van der Waals surface area contributed by atoms with Gasteiger partial charge in [-0.2, -0.15) is 4.98 Å². The molecule has 0 radical (unpaired) electrons. The first-order valence-corrected chi connectivity index (χ1v) is 23.5. The van der Waals surface area contributed by atoms with Gasteiger partial charge in [0.25, 0.3) is 0 Å². The van der Waals surface area contributed by atoms with E-state index in [1.54, 1.807) is 25.3 Å². The summed E-state index contributed by atoms with van der Waals surface area (Å²) < 4.78 is 43.4. The van der Waals surface area contributed by atoms with E-state index in [0.717, 1.165) is 92.8 Å². The summed E-state index contributed by atoms with van der Waals surface area (Å²) in [5, 5.41) is 12.4. The Morgan fingerprint density at radius 2 is 1.70 bits per heavy atom. The smallest absolute Gasteiger partial charge is 0.249 e. The van der Waals surface area contributed by atoms with E-state index in [-0.39, 0.29) is 28.6 Å². The lowest BCUT2D eigenvalue weighted by Crippen LogP contribution is -2.53. The summed E-state index contributed by atoms with van der Waals surface area (Å²) in [6.07, 6.45) is 6.37. The fraction of sp³-hybridized carbons (Fsp3) is 0.455. The number of piperazine rings is 1. The predicted molar refractivity (Wildman–Crippen MR) is 247 cm³/mol. The number of methoxy groups -OCH3 is 2. The van der Waals surface area contributed by atoms with Crippen LogP contribution >= 0.6 is 11.6 Å². The number of carbonyl (C=O) groups excluding carboxylic acids is 2. The molecule has 4 heterocycles. The van der Waals surface area contributed by atoms with E-state index < -0.39 is 16.1 Å². The Bertz CT molecular complexity index is 2380. The molecule has 338 valence electrons. The quantitative estimate of drug-likeness (QED) is 0.0978. The number of nitrogens with one attached hydrogen (secondary N) is 4. The highest BCUT2D eigenvalue weighted by atomic mass is 35.5. The number of nitrogens with zero attached hydrogens (tertiary/aromatic N) is 6. The van der Waals surface area contributed by atoms with Crippen LogP contribution < -0.4 is 44.7 Å². The summed E-state index contributed by atoms with van der Waals surface area (Å²) in [4.78, 5) is 40.3. The van der Waals surface area contributed by atoms with Gasteiger partial charge in [0.15, 0.2) is 5.82 Å². The maximum absolute atomic E-state index is 12.5. The van der Waals surface area contributed by atoms with E-state index in [1.165, 1.54) is 25.9 Å². The number of imide groups is 1. The highest BCUT2D eigenvalue weighted by Gasteiger charge is 2.30. The Morgan fingerprint density at radius 3 is 2.40 bits per heavy atom. The Kier molecular flexibility index (Phi) is 14.6. The first kappa shape index (κ1) is 45.5. The Balaban J connectivity index is 0.911. The molecule has 3 aliphatic rings. The zero-order valence-electron chi connectivity index (χ0n) is 36.4. The van der Waals surface area contributed by atoms with E-state index in [1.807, 2.05) is 24.3 Å². The minimum atomic E-state index is -3.58. The summed E-state index contributed by atoms with van der Waals surface area (Å²) in [5.74, 6) is 1.93. The Labute approximate surface area is 374 Å². The van der Waals surface area contributed by atoms with Crippen LogP contribution in [0.4, 0.5) is 40.2 Å². The van der Waals surface area contributed by atoms with Crippen molar-refractivity contribution in [2.45, 2.75) is 51.1 Å². The minimum Gasteiger partial charge on any atom is -0.497 e. The van der Waals surface area contributed by atoms with Crippen LogP contribution in [0.25, 0.3) is 0 Å². The average molecular weight is 906 g/mol. The van der Waals surface area contributed by atoms with Crippen molar-refractivity contribution in [3.05, 3.63) is 71.4 Å². The molecule has 7 rings (SSSR count). The van der Waals surface area contributed by atoms with Crippen LogP contribution in [-0.2, 0) is 26.0 Å². The third-order valence-corrected chi connectivity index (χ3v) is 13.4. The molecule has 2 amide bonds. The lowest BCUT2D eigenvalue weighted by Gasteiger charge is -2.43. The molecule has 0 spiro atoms. The SMILES string of the molecule is CCc1cc(Nc2ncc(Cl)c(Nc3ccc(OC)cc3N(C)S(C)(=O)=O)n2)c(OC)cc1N1CCC(N2CCN(CCOc3cccc(NC4CCC(=O)NC4=O)c3)CC2)CC1. The molecule has 0 aliphatic carbocycles. The Morgan fingerprint density at radius 1 is 0.921 bits per heavy atom. The number of piperidine rings is 2. The maximum atomic E-state index is 12.5. The first-order chi connectivity index (χ1) is 30.3. The average Bonchev–Trinajstić information content (AvgIpc) is 3.28. The topological polar surface area (TPSA) is 183 Å². The fourth-order valence-corrected chi connectivity index (χ4v) is 8.88. The van der Waals surface area contributed by atoms with Crippen LogP contribution in [0.3, 0.4) is 0 Å². The maximum Gasteiger partial charge on any atom is 0.249 e. The second-order valence-corrected chi connectivity index (χ2v) is 18.3. The van der Waals surface area contributed by atoms with Gasteiger partial charge in [0.2, 0.25) is 27.8 Å². The monoisotopic (exact) mass is 904 g/mol. The van der Waals surface area contributed by atoms with Crippen LogP contribution in [-0.4, -0.2) is 132 Å². The van der Waals surface area contributed by atoms with E-state index in [2.05, 4.69) is 65.0 Å². The third kappa shape index (κ3) is 11.3. The van der Waals surface area contributed by atoms with Gasteiger partial charge in [-0.1, -0.05) is 24.6 Å². The molecule has 1 atom stereocenters. The van der Waals surface area contributed by atoms with Gasteiger partial charge in [-0.15, -0.1) is 0 Å². The van der Waals surface area contributed by atoms with Crippen molar-refractivity contribution >= 4 is 73.6 Å². The summed E-state index contributed by atoms with van der Waals surface area (Å²) >= 11 is 6.55. The first-order valence-electron chi connectivity index (χ1n) is 21.3. The number of aryl methyl sites for hydroxylation is 1. The largest absolute Gasteiger partial charge is 0.497 e. The van der Waals surface area contributed by atoms with Crippen LogP contribution in [0.1, 0.15) is 38.2 Å². The van der Waals surface area contributed by atoms with Gasteiger partial charge in [-0.3, -0.25) is 29.0 Å². The van der Waals surface area contributed by atoms with E-state index in [4.69, 9.17) is 25.8 Å². The lowest BCUT2D eigenvalue weighted by molar-refractivity contribution is -0.133. The van der Waals surface area contributed by atoms with Crippen molar-refractivity contribution in [3.63, 3.8) is 0 Å². The number of benzene rings is 3. The van der Waals surface area contributed by atoms with Gasteiger partial charge in [-0.25, -0.2) is 13.4 Å². The van der Waals surface area contributed by atoms with E-state index in [9.17, 15) is 18.0 Å². The molecule has 4 aromatic rings. The number of hydrogen-bond donors (Lipinski definition) is 4. The third-order valence-electron chi connectivity index (χ3n) is 11.9. The standard InChI is InChI=1S/C44H57ClN10O7S/c1-6-29-24-37(49-44-46-28-34(45)42(51-44)48-35-11-10-32(60-3)26-39(35)52(2)63(5,58)59)40(61-4)27-38(29)55-16-14-31(15-17-55)54-20-18-53(19-21-54)22-23-62-33-9-7-8-30(25-33)47-36-12-13-41(56)50-43(36)57/h7-11,24-28,31,36,47H,6,12-23H2,1-5H3,(H,50,56,57)(H2,46,48,49,51). The second-order valence-electron chi connectivity index (χ2n) is 15.9. The molecule has 63 heavy (non-hydrogen) atoms. The van der Waals surface area contributed by atoms with Crippen LogP contribution in [0, 0.1) is 0 Å². The van der Waals surface area contributed by atoms with Crippen molar-refractivity contribution in [2.24, 2.45) is 0 Å². The molecule has 1 unspecified atom stereocenters. The second kappa shape index (κ2) is 20.3. The van der Waals surface area contributed by atoms with Gasteiger partial charge in [-0.05, 0) is 61.6 Å². The van der Waals surface area contributed by atoms with Gasteiger partial charge in [0.1, 0.15) is 34.9 Å². The van der Waals surface area contributed by atoms with Gasteiger partial charge in [0.05, 0.1) is 43.7 Å². The number of carbonyl (C=O) groups is 2. The number of anilines is 7. The Hall–Kier alpha value is -5.56. The lowest BCUT2D eigenvalue weighted by atomic mass is 9.99. The molecule has 4 N–H and O–H groups in total. The fourth-order valence-electron chi connectivity index (χ4n) is 8.23. The van der Waals surface area contributed by atoms with Crippen molar-refractivity contribution in [1.29, 1.82) is 0 Å². The highest BCUT2D eigenvalue weighted by molar-refractivity contribution is 7.92. The summed E-state index contributed by atoms with van der Waals surface area (Å²) in [6.45, 7) is 9.45. The number of sulfonamides is 1. The summed E-state index contributed by atoms with van der Waals surface area (Å²) in [7, 11) is 1.04. The molecule has 3 aromatic carbocycles. The number of aromatic nitrogens is 2. The predicted octanol–water partition coefficient (Wildman–Crippen LogP) is 5.48. The molecule has 3 fully saturated rings. The van der Waals surface area contributed by atoms with Gasteiger partial charge >= 0.3 is 0 Å². The number of amides is 2. The van der Waals surface area contributed by atoms with Crippen molar-refractivity contribution < 1.29 is 32.2 Å². The van der Waals surface area contributed by atoms with Crippen molar-refractivity contribution in [2.75, 3.05) is 105 Å². The van der Waals surface area contributed by atoms with Gasteiger partial charge < -0.3 is 35.1 Å². The molecule has 3 aliphatic heterocycles. The van der Waals surface area contributed by atoms with Crippen LogP contribution in [0.15, 0.2) is 60.8 Å². The molecular formula is C44H57ClN10O7S. The molecule has 19 heteroatoms. The number of hydrogen-bond acceptors (Lipinski definition) is 15. The van der Waals surface area contributed by atoms with Crippen LogP contribution in [0.5, 0.6) is 17.2 Å². The molecule has 0 saturated carbocycles. The molecule has 0 bridgehead atoms. The molecule has 17 nitrogen and oxygen atoms in total. The number of ether oxygens (including phenoxy) is 3. The molecule has 1 aromatic heterocycles. The van der Waals surface area contributed by atoms with Gasteiger partial charge in [0, 0.05) is 94.9 Å².